The van der Waals surface area contributed by atoms with E-state index >= 15 is 0 Å². The van der Waals surface area contributed by atoms with Crippen LogP contribution in [0.5, 0.6) is 11.5 Å². The number of hydrogen-bond donors (Lipinski definition) is 6. The Morgan fingerprint density at radius 1 is 1.26 bits per heavy atom. The lowest BCUT2D eigenvalue weighted by atomic mass is 10.0. The summed E-state index contributed by atoms with van der Waals surface area (Å²) in [4.78, 5) is 62.7. The molecule has 0 aliphatic carbocycles. The molecule has 0 radical (unpaired) electrons. The van der Waals surface area contributed by atoms with Gasteiger partial charge < -0.3 is 36.3 Å². The van der Waals surface area contributed by atoms with Crippen molar-refractivity contribution in [3.63, 3.8) is 0 Å². The first-order chi connectivity index (χ1) is 20.1. The summed E-state index contributed by atoms with van der Waals surface area (Å²) in [6.07, 6.45) is -5.08. The summed E-state index contributed by atoms with van der Waals surface area (Å²) in [6.45, 7) is 1.12. The Bertz CT molecular complexity index is 1540. The van der Waals surface area contributed by atoms with Gasteiger partial charge in [0.25, 0.3) is 11.8 Å². The molecule has 0 spiro atoms. The number of fused-ring (bicyclic) bond motifs is 1. The number of phenolic OH excluding ortho intramolecular Hbond substituents is 1. The zero-order chi connectivity index (χ0) is 32.2. The summed E-state index contributed by atoms with van der Waals surface area (Å²) in [7, 11) is 0. The predicted molar refractivity (Wildman–Crippen MR) is 142 cm³/mol. The first-order valence-corrected chi connectivity index (χ1v) is 13.4. The number of carboxylic acids is 2. The number of Topliss-reactive ketones (excluding diaryl/α,β-unsaturated/α-hetero) is 1. The topological polar surface area (TPSA) is 242 Å². The number of carbonyl (C=O) groups is 5. The van der Waals surface area contributed by atoms with E-state index in [9.17, 15) is 47.8 Å². The average molecular weight is 648 g/mol. The molecule has 4 rings (SSSR count). The molecule has 3 heterocycles. The van der Waals surface area contributed by atoms with Crippen LogP contribution in [-0.2, 0) is 19.2 Å². The molecule has 1 saturated heterocycles. The number of thioether (sulfide) groups is 1. The number of phenols is 1. The second-order valence-corrected chi connectivity index (χ2v) is 10.5. The number of thiazole rings is 1. The Morgan fingerprint density at radius 2 is 1.91 bits per heavy atom. The van der Waals surface area contributed by atoms with Gasteiger partial charge in [0.05, 0.1) is 5.56 Å². The molecule has 230 valence electrons. The zero-order valence-corrected chi connectivity index (χ0v) is 23.1. The Hall–Kier alpha value is -4.85. The minimum atomic E-state index is -5.08. The van der Waals surface area contributed by atoms with Gasteiger partial charge in [0.15, 0.2) is 16.6 Å². The number of aromatic nitrogens is 1. The third kappa shape index (κ3) is 7.33. The number of rotatable bonds is 8. The van der Waals surface area contributed by atoms with Crippen molar-refractivity contribution in [2.75, 3.05) is 18.1 Å². The zero-order valence-electron chi connectivity index (χ0n) is 21.5. The van der Waals surface area contributed by atoms with Crippen molar-refractivity contribution in [1.82, 2.24) is 15.2 Å². The smallest absolute Gasteiger partial charge is 0.490 e. The highest BCUT2D eigenvalue weighted by Crippen LogP contribution is 2.40. The van der Waals surface area contributed by atoms with E-state index in [1.165, 1.54) is 42.3 Å². The Morgan fingerprint density at radius 3 is 2.40 bits per heavy atom. The maximum atomic E-state index is 12.8. The second-order valence-electron chi connectivity index (χ2n) is 8.46. The van der Waals surface area contributed by atoms with Crippen LogP contribution in [0.4, 0.5) is 18.3 Å². The number of nitrogens with two attached hydrogens (primary N) is 1. The highest BCUT2D eigenvalue weighted by Gasteiger charge is 2.54. The summed E-state index contributed by atoms with van der Waals surface area (Å²) in [5.41, 5.74) is 5.31. The molecule has 2 amide bonds. The van der Waals surface area contributed by atoms with E-state index in [0.717, 1.165) is 16.2 Å². The number of nitrogen functional groups attached to an aromatic ring is 1. The monoisotopic (exact) mass is 647 g/mol. The van der Waals surface area contributed by atoms with E-state index in [1.807, 2.05) is 0 Å². The number of ketones is 1. The molecule has 2 aromatic rings. The summed E-state index contributed by atoms with van der Waals surface area (Å²) < 4.78 is 37.3. The highest BCUT2D eigenvalue weighted by atomic mass is 32.2. The van der Waals surface area contributed by atoms with Crippen molar-refractivity contribution >= 4 is 63.5 Å². The van der Waals surface area contributed by atoms with Gasteiger partial charge in [-0.2, -0.15) is 13.2 Å². The molecule has 0 saturated carbocycles. The number of β-lactam (4-membered cyclic amide) rings is 1. The van der Waals surface area contributed by atoms with Gasteiger partial charge in [-0.3, -0.25) is 19.3 Å². The van der Waals surface area contributed by atoms with Crippen molar-refractivity contribution in [2.24, 2.45) is 5.16 Å². The third-order valence-electron chi connectivity index (χ3n) is 5.62. The number of hydrogen-bond acceptors (Lipinski definition) is 13. The van der Waals surface area contributed by atoms with Crippen LogP contribution in [0.3, 0.4) is 0 Å². The van der Waals surface area contributed by atoms with Crippen molar-refractivity contribution in [1.29, 1.82) is 0 Å². The molecule has 0 bridgehead atoms. The molecule has 1 unspecified atom stereocenters. The number of aliphatic carboxylic acids is 2. The Kier molecular flexibility index (Phi) is 9.86. The molecule has 2 aliphatic rings. The number of nitrogens with zero attached hydrogens (tertiary/aromatic N) is 3. The molecule has 2 atom stereocenters. The van der Waals surface area contributed by atoms with E-state index in [0.29, 0.717) is 5.57 Å². The SMILES string of the molecule is CC(=O)c1ccc(OCC2=C(C(=O)O)N3C(=O)C(NC(=O)/C(=N\O)c4csc(N)n4)[C@H]3SC2)cc1O.O=C(O)C(F)(F)F. The molecule has 1 aromatic carbocycles. The number of amides is 2. The van der Waals surface area contributed by atoms with Crippen LogP contribution in [0.15, 0.2) is 40.0 Å². The Labute approximate surface area is 246 Å². The highest BCUT2D eigenvalue weighted by molar-refractivity contribution is 8.00. The summed E-state index contributed by atoms with van der Waals surface area (Å²) >= 11 is 2.25. The number of alkyl halides is 3. The molecule has 43 heavy (non-hydrogen) atoms. The van der Waals surface area contributed by atoms with Crippen LogP contribution in [0, 0.1) is 0 Å². The number of anilines is 1. The van der Waals surface area contributed by atoms with Crippen LogP contribution < -0.4 is 15.8 Å². The van der Waals surface area contributed by atoms with Crippen molar-refractivity contribution in [3.8, 4) is 11.5 Å². The van der Waals surface area contributed by atoms with E-state index in [4.69, 9.17) is 20.4 Å². The van der Waals surface area contributed by atoms with Crippen LogP contribution in [0.2, 0.25) is 0 Å². The first-order valence-electron chi connectivity index (χ1n) is 11.5. The minimum absolute atomic E-state index is 0.0327. The lowest BCUT2D eigenvalue weighted by molar-refractivity contribution is -0.192. The summed E-state index contributed by atoms with van der Waals surface area (Å²) in [5.74, 6) is -5.83. The van der Waals surface area contributed by atoms with Gasteiger partial charge in [-0.25, -0.2) is 14.6 Å². The van der Waals surface area contributed by atoms with Gasteiger partial charge in [0, 0.05) is 22.8 Å². The van der Waals surface area contributed by atoms with Crippen molar-refractivity contribution in [2.45, 2.75) is 24.5 Å². The second kappa shape index (κ2) is 13.0. The number of carboxylic acid groups (broad SMARTS) is 2. The standard InChI is InChI=1S/C21H19N5O8S2.C2HF3O2/c1-8(27)11-3-2-10(4-13(11)28)34-5-9-6-35-19-15(18(30)26(19)16(9)20(31)32)24-17(29)14(25-33)12-7-36-21(22)23-12;3-2(4,5)1(6)7/h2-4,7,15,19,28,33H,5-6H2,1H3,(H2,22,23)(H,24,29)(H,31,32);(H,6,7)/b25-14-;/t15?,19-;/m1./s1. The fourth-order valence-electron chi connectivity index (χ4n) is 3.68. The number of ether oxygens (including phenoxy) is 1. The predicted octanol–water partition coefficient (Wildman–Crippen LogP) is 1.26. The van der Waals surface area contributed by atoms with Gasteiger partial charge >= 0.3 is 18.1 Å². The molecule has 1 aromatic heterocycles. The van der Waals surface area contributed by atoms with Gasteiger partial charge in [0.2, 0.25) is 0 Å². The molecular weight excluding hydrogens is 627 g/mol. The molecular formula is C23H20F3N5O10S2. The maximum Gasteiger partial charge on any atom is 0.490 e. The lowest BCUT2D eigenvalue weighted by Crippen LogP contribution is -2.71. The largest absolute Gasteiger partial charge is 0.507 e. The number of oxime groups is 1. The quantitative estimate of drug-likeness (QED) is 0.0778. The number of nitrogens with one attached hydrogen (secondary N) is 1. The van der Waals surface area contributed by atoms with Gasteiger partial charge in [-0.15, -0.1) is 23.1 Å². The summed E-state index contributed by atoms with van der Waals surface area (Å²) in [6, 6.07) is 3.05. The van der Waals surface area contributed by atoms with E-state index in [-0.39, 0.29) is 51.7 Å². The van der Waals surface area contributed by atoms with Crippen molar-refractivity contribution in [3.05, 3.63) is 46.1 Å². The third-order valence-corrected chi connectivity index (χ3v) is 7.63. The first kappa shape index (κ1) is 32.7. The number of benzene rings is 1. The minimum Gasteiger partial charge on any atom is -0.507 e. The molecule has 20 heteroatoms. The fourth-order valence-corrected chi connectivity index (χ4v) is 5.56. The Balaban J connectivity index is 0.000000646. The van der Waals surface area contributed by atoms with E-state index in [2.05, 4.69) is 15.5 Å². The molecule has 1 fully saturated rings. The van der Waals surface area contributed by atoms with Crippen LogP contribution >= 0.6 is 23.1 Å². The fraction of sp³-hybridized carbons (Fsp3) is 0.261. The van der Waals surface area contributed by atoms with E-state index < -0.39 is 47.1 Å². The van der Waals surface area contributed by atoms with Gasteiger partial charge in [-0.05, 0) is 19.1 Å². The van der Waals surface area contributed by atoms with Gasteiger partial charge in [0.1, 0.15) is 40.9 Å². The van der Waals surface area contributed by atoms with Gasteiger partial charge in [-0.1, -0.05) is 5.16 Å². The van der Waals surface area contributed by atoms with Crippen molar-refractivity contribution < 1.29 is 62.4 Å². The average Bonchev–Trinajstić information content (AvgIpc) is 3.35. The molecule has 7 N–H and O–H groups in total. The lowest BCUT2D eigenvalue weighted by Gasteiger charge is -2.49. The summed E-state index contributed by atoms with van der Waals surface area (Å²) in [5, 5.41) is 42.4. The van der Waals surface area contributed by atoms with Crippen LogP contribution in [-0.4, -0.2) is 95.6 Å². The number of carbonyl (C=O) groups excluding carboxylic acids is 3. The normalized spacial score (nSPS) is 18.1. The number of aromatic hydroxyl groups is 1. The molecule has 2 aliphatic heterocycles. The van der Waals surface area contributed by atoms with Crippen LogP contribution in [0.1, 0.15) is 23.0 Å². The van der Waals surface area contributed by atoms with E-state index in [1.54, 1.807) is 0 Å². The molecule has 15 nitrogen and oxygen atoms in total. The number of halogens is 3. The van der Waals surface area contributed by atoms with Crippen LogP contribution in [0.25, 0.3) is 0 Å². The maximum absolute atomic E-state index is 12.8.